The average molecular weight is 745 g/mol. The van der Waals surface area contributed by atoms with E-state index in [1.165, 1.54) is 19.3 Å². The fourth-order valence-electron chi connectivity index (χ4n) is 4.95. The van der Waals surface area contributed by atoms with Crippen LogP contribution >= 0.6 is 7.82 Å². The molecule has 0 heterocycles. The number of aliphatic hydroxyl groups excluding tert-OH is 5. The quantitative estimate of drug-likeness (QED) is 0.0214. The van der Waals surface area contributed by atoms with Gasteiger partial charge in [-0.25, -0.2) is 4.57 Å². The number of allylic oxidation sites excluding steroid dienone is 10. The number of phosphoric ester groups is 1. The number of unbranched alkanes of at least 4 members (excludes halogenated alkanes) is 8. The third kappa shape index (κ3) is 21.6. The fourth-order valence-corrected chi connectivity index (χ4v) is 5.92. The highest BCUT2D eigenvalue weighted by molar-refractivity contribution is 7.47. The van der Waals surface area contributed by atoms with Crippen molar-refractivity contribution in [2.24, 2.45) is 0 Å². The number of rotatable bonds is 27. The largest absolute Gasteiger partial charge is 0.472 e. The Hall–Kier alpha value is -2.45. The van der Waals surface area contributed by atoms with Crippen LogP contribution < -0.4 is 0 Å². The molecule has 0 aromatic rings. The van der Waals surface area contributed by atoms with Crippen LogP contribution in [0.15, 0.2) is 60.8 Å². The van der Waals surface area contributed by atoms with Crippen molar-refractivity contribution < 1.29 is 63.1 Å². The van der Waals surface area contributed by atoms with Gasteiger partial charge in [-0.1, -0.05) is 100 Å². The molecule has 0 aromatic heterocycles. The second-order valence-corrected chi connectivity index (χ2v) is 13.8. The molecule has 13 nitrogen and oxygen atoms in total. The summed E-state index contributed by atoms with van der Waals surface area (Å²) in [6.45, 7) is 2.99. The van der Waals surface area contributed by atoms with Gasteiger partial charge in [0.15, 0.2) is 6.10 Å². The summed E-state index contributed by atoms with van der Waals surface area (Å²) in [7, 11) is -5.12. The zero-order valence-corrected chi connectivity index (χ0v) is 31.0. The number of ether oxygens (including phenoxy) is 2. The molecular weight excluding hydrogens is 683 g/mol. The van der Waals surface area contributed by atoms with E-state index in [-0.39, 0.29) is 12.8 Å². The Morgan fingerprint density at radius 1 is 0.627 bits per heavy atom. The van der Waals surface area contributed by atoms with Gasteiger partial charge < -0.3 is 39.9 Å². The second kappa shape index (κ2) is 28.1. The Balaban J connectivity index is 2.64. The summed E-state index contributed by atoms with van der Waals surface area (Å²) in [4.78, 5) is 35.3. The van der Waals surface area contributed by atoms with Gasteiger partial charge in [-0.05, 0) is 51.4 Å². The summed E-state index contributed by atoms with van der Waals surface area (Å²) >= 11 is 0. The first kappa shape index (κ1) is 46.6. The number of phosphoric acid groups is 1. The third-order valence-electron chi connectivity index (χ3n) is 7.94. The van der Waals surface area contributed by atoms with Crippen LogP contribution in [0.5, 0.6) is 0 Å². The van der Waals surface area contributed by atoms with Crippen molar-refractivity contribution in [2.45, 2.75) is 146 Å². The molecule has 1 saturated carbocycles. The van der Waals surface area contributed by atoms with Gasteiger partial charge in [0.05, 0.1) is 6.61 Å². The molecule has 0 spiro atoms. The summed E-state index contributed by atoms with van der Waals surface area (Å²) in [5.41, 5.74) is 0. The monoisotopic (exact) mass is 744 g/mol. The molecule has 1 aliphatic rings. The van der Waals surface area contributed by atoms with Gasteiger partial charge in [-0.2, -0.15) is 0 Å². The van der Waals surface area contributed by atoms with Crippen molar-refractivity contribution in [2.75, 3.05) is 13.2 Å². The van der Waals surface area contributed by atoms with E-state index in [1.807, 2.05) is 48.6 Å². The smallest absolute Gasteiger partial charge is 0.462 e. The highest BCUT2D eigenvalue weighted by atomic mass is 31.2. The van der Waals surface area contributed by atoms with Crippen molar-refractivity contribution >= 4 is 19.8 Å². The maximum atomic E-state index is 12.7. The van der Waals surface area contributed by atoms with Gasteiger partial charge in [0.25, 0.3) is 0 Å². The molecule has 0 aliphatic heterocycles. The highest BCUT2D eigenvalue weighted by Gasteiger charge is 2.51. The van der Waals surface area contributed by atoms with Gasteiger partial charge in [0.1, 0.15) is 43.2 Å². The zero-order chi connectivity index (χ0) is 37.9. The van der Waals surface area contributed by atoms with E-state index in [4.69, 9.17) is 18.5 Å². The minimum absolute atomic E-state index is 0.0424. The van der Waals surface area contributed by atoms with Crippen LogP contribution in [-0.4, -0.2) is 98.3 Å². The van der Waals surface area contributed by atoms with E-state index in [0.717, 1.165) is 38.5 Å². The van der Waals surface area contributed by atoms with Crippen LogP contribution in [0.4, 0.5) is 0 Å². The lowest BCUT2D eigenvalue weighted by Gasteiger charge is -2.41. The van der Waals surface area contributed by atoms with Crippen LogP contribution in [0, 0.1) is 0 Å². The topological polar surface area (TPSA) is 210 Å². The van der Waals surface area contributed by atoms with Crippen LogP contribution in [-0.2, 0) is 32.7 Å². The molecule has 51 heavy (non-hydrogen) atoms. The molecular formula is C37H61O13P. The average Bonchev–Trinajstić information content (AvgIpc) is 3.10. The first-order valence-electron chi connectivity index (χ1n) is 18.1. The molecule has 1 rings (SSSR count). The third-order valence-corrected chi connectivity index (χ3v) is 8.92. The van der Waals surface area contributed by atoms with Gasteiger partial charge in [0, 0.05) is 12.8 Å². The Morgan fingerprint density at radius 2 is 1.16 bits per heavy atom. The first-order valence-corrected chi connectivity index (χ1v) is 19.6. The lowest BCUT2D eigenvalue weighted by Crippen LogP contribution is -2.64. The summed E-state index contributed by atoms with van der Waals surface area (Å²) in [6.07, 6.45) is 17.6. The fraction of sp³-hybridized carbons (Fsp3) is 0.676. The molecule has 0 amide bonds. The van der Waals surface area contributed by atoms with Crippen LogP contribution in [0.25, 0.3) is 0 Å². The molecule has 1 aliphatic carbocycles. The number of carbonyl (C=O) groups is 2. The van der Waals surface area contributed by atoms with E-state index in [0.29, 0.717) is 19.3 Å². The predicted octanol–water partition coefficient (Wildman–Crippen LogP) is 5.04. The summed E-state index contributed by atoms with van der Waals surface area (Å²) < 4.78 is 33.1. The van der Waals surface area contributed by atoms with Gasteiger partial charge >= 0.3 is 19.8 Å². The number of hydrogen-bond donors (Lipinski definition) is 6. The molecule has 1 fully saturated rings. The Bertz CT molecular complexity index is 1140. The molecule has 14 heteroatoms. The van der Waals surface area contributed by atoms with Crippen molar-refractivity contribution in [3.63, 3.8) is 0 Å². The van der Waals surface area contributed by atoms with Gasteiger partial charge in [0.2, 0.25) is 0 Å². The Labute approximate surface area is 303 Å². The van der Waals surface area contributed by atoms with Crippen LogP contribution in [0.2, 0.25) is 0 Å². The molecule has 0 saturated heterocycles. The number of esters is 2. The molecule has 7 unspecified atom stereocenters. The summed E-state index contributed by atoms with van der Waals surface area (Å²) in [5, 5.41) is 49.8. The van der Waals surface area contributed by atoms with E-state index < -0.39 is 75.7 Å². The predicted molar refractivity (Wildman–Crippen MR) is 193 cm³/mol. The standard InChI is InChI=1S/C37H61O13P/c1-3-5-7-9-11-13-14-15-16-18-20-22-24-26-31(39)49-29(27-47-30(38)25-23-21-19-17-12-10-8-6-4-2)28-48-51(45,46)50-37-35(43)33(41)32(40)34(42)36(37)44/h5,7,9,11,13-17,19,29,32-37,40-44H,3-4,6,8,10,12,18,20-28H2,1-2H3,(H,45,46)/b7-5+,11-9+,14-13+,16-15+,19-17+/t29?,32?,33-,34?,35?,36?,37?/m1/s1. The van der Waals surface area contributed by atoms with Crippen LogP contribution in [0.1, 0.15) is 104 Å². The molecule has 6 N–H and O–H groups in total. The Kier molecular flexibility index (Phi) is 25.7. The molecule has 0 bridgehead atoms. The SMILES string of the molecule is CC/C=C/C=C/C=C/C=C/CCCCCC(=O)OC(COC(=O)CCC/C=C/CCCCCC)COP(=O)(O)OC1C(O)C(O)C(O)[C@@H](O)C1O. The normalized spacial score (nSPS) is 24.6. The minimum Gasteiger partial charge on any atom is -0.462 e. The summed E-state index contributed by atoms with van der Waals surface area (Å²) in [5.74, 6) is -1.20. The van der Waals surface area contributed by atoms with Crippen molar-refractivity contribution in [3.8, 4) is 0 Å². The molecule has 0 radical (unpaired) electrons. The number of aliphatic hydroxyl groups is 5. The lowest BCUT2D eigenvalue weighted by molar-refractivity contribution is -0.220. The molecule has 8 atom stereocenters. The van der Waals surface area contributed by atoms with Crippen molar-refractivity contribution in [1.29, 1.82) is 0 Å². The molecule has 0 aromatic carbocycles. The maximum absolute atomic E-state index is 12.7. The van der Waals surface area contributed by atoms with Gasteiger partial charge in [-0.3, -0.25) is 18.6 Å². The molecule has 292 valence electrons. The first-order chi connectivity index (χ1) is 24.4. The van der Waals surface area contributed by atoms with E-state index in [9.17, 15) is 44.6 Å². The lowest BCUT2D eigenvalue weighted by atomic mass is 9.85. The highest BCUT2D eigenvalue weighted by Crippen LogP contribution is 2.47. The van der Waals surface area contributed by atoms with E-state index >= 15 is 0 Å². The number of carbonyl (C=O) groups excluding carboxylic acids is 2. The van der Waals surface area contributed by atoms with Crippen molar-refractivity contribution in [1.82, 2.24) is 0 Å². The second-order valence-electron chi connectivity index (χ2n) is 12.4. The minimum atomic E-state index is -5.12. The maximum Gasteiger partial charge on any atom is 0.472 e. The number of hydrogen-bond acceptors (Lipinski definition) is 12. The van der Waals surface area contributed by atoms with Crippen molar-refractivity contribution in [3.05, 3.63) is 60.8 Å². The van der Waals surface area contributed by atoms with Gasteiger partial charge in [-0.15, -0.1) is 0 Å². The Morgan fingerprint density at radius 3 is 1.78 bits per heavy atom. The summed E-state index contributed by atoms with van der Waals surface area (Å²) in [6, 6.07) is 0. The van der Waals surface area contributed by atoms with Crippen LogP contribution in [0.3, 0.4) is 0 Å². The zero-order valence-electron chi connectivity index (χ0n) is 30.1. The van der Waals surface area contributed by atoms with E-state index in [2.05, 4.69) is 26.0 Å². The van der Waals surface area contributed by atoms with E-state index in [1.54, 1.807) is 0 Å².